The van der Waals surface area contributed by atoms with Gasteiger partial charge in [-0.05, 0) is 25.6 Å². The molecule has 0 radical (unpaired) electrons. The first-order valence-electron chi connectivity index (χ1n) is 3.38. The van der Waals surface area contributed by atoms with Gasteiger partial charge in [0.2, 0.25) is 0 Å². The Balaban J connectivity index is 2.73. The first kappa shape index (κ1) is 8.48. The number of thioether (sulfide) groups is 1. The predicted octanol–water partition coefficient (Wildman–Crippen LogP) is 1.90. The van der Waals surface area contributed by atoms with Crippen LogP contribution in [0, 0.1) is 18.3 Å². The maximum Gasteiger partial charge on any atom is 0.367 e. The third-order valence-electron chi connectivity index (χ3n) is 1.75. The summed E-state index contributed by atoms with van der Waals surface area (Å²) in [6, 6.07) is 0. The van der Waals surface area contributed by atoms with Crippen LogP contribution in [-0.2, 0) is 4.74 Å². The van der Waals surface area contributed by atoms with Gasteiger partial charge in [-0.2, -0.15) is 0 Å². The third-order valence-corrected chi connectivity index (χ3v) is 2.57. The third kappa shape index (κ3) is 1.69. The molecule has 1 aliphatic rings. The largest absolute Gasteiger partial charge is 0.450 e. The molecule has 3 heteroatoms. The quantitative estimate of drug-likeness (QED) is 0.410. The fraction of sp³-hybridized carbons (Fsp3) is 0.625. The van der Waals surface area contributed by atoms with Gasteiger partial charge < -0.3 is 4.74 Å². The Kier molecular flexibility index (Phi) is 2.15. The zero-order valence-corrected chi connectivity index (χ0v) is 7.40. The van der Waals surface area contributed by atoms with Crippen molar-refractivity contribution in [3.05, 3.63) is 0 Å². The van der Waals surface area contributed by atoms with Crippen LogP contribution in [0.3, 0.4) is 0 Å². The second-order valence-electron chi connectivity index (χ2n) is 2.99. The molecule has 2 nitrogen and oxygen atoms in total. The number of ether oxygens (including phenoxy) is 1. The van der Waals surface area contributed by atoms with Crippen LogP contribution in [0.4, 0.5) is 4.79 Å². The number of carbonyl (C=O) groups excluding carboxylic acids is 1. The number of carbonyl (C=O) groups is 1. The van der Waals surface area contributed by atoms with Crippen molar-refractivity contribution in [2.45, 2.75) is 19.4 Å². The van der Waals surface area contributed by atoms with E-state index in [9.17, 15) is 4.79 Å². The molecule has 0 amide bonds. The maximum atomic E-state index is 10.8. The normalized spacial score (nSPS) is 28.8. The number of hydrogen-bond acceptors (Lipinski definition) is 3. The summed E-state index contributed by atoms with van der Waals surface area (Å²) in [6.07, 6.45) is 5.27. The van der Waals surface area contributed by atoms with E-state index in [0.29, 0.717) is 5.75 Å². The van der Waals surface area contributed by atoms with Gasteiger partial charge in [0.25, 0.3) is 0 Å². The molecule has 0 saturated carbocycles. The molecule has 0 N–H and O–H groups in total. The summed E-state index contributed by atoms with van der Waals surface area (Å²) in [5, 5.41) is -0.221. The van der Waals surface area contributed by atoms with Crippen LogP contribution in [-0.4, -0.2) is 16.7 Å². The molecular formula is C8H10O2S. The monoisotopic (exact) mass is 170 g/mol. The van der Waals surface area contributed by atoms with Crippen molar-refractivity contribution in [2.24, 2.45) is 5.92 Å². The van der Waals surface area contributed by atoms with E-state index in [4.69, 9.17) is 11.2 Å². The van der Waals surface area contributed by atoms with E-state index in [1.165, 1.54) is 0 Å². The van der Waals surface area contributed by atoms with Gasteiger partial charge in [0.1, 0.15) is 5.60 Å². The van der Waals surface area contributed by atoms with Crippen molar-refractivity contribution in [3.63, 3.8) is 0 Å². The summed E-state index contributed by atoms with van der Waals surface area (Å²) >= 11 is 1.15. The lowest BCUT2D eigenvalue weighted by molar-refractivity contribution is 0.0295. The molecule has 1 heterocycles. The van der Waals surface area contributed by atoms with Gasteiger partial charge in [-0.1, -0.05) is 5.92 Å². The highest BCUT2D eigenvalue weighted by Crippen LogP contribution is 2.32. The minimum atomic E-state index is -0.489. The Labute approximate surface area is 70.7 Å². The maximum absolute atomic E-state index is 10.8. The van der Waals surface area contributed by atoms with E-state index >= 15 is 0 Å². The van der Waals surface area contributed by atoms with E-state index in [2.05, 4.69) is 5.92 Å². The predicted molar refractivity (Wildman–Crippen MR) is 45.3 cm³/mol. The summed E-state index contributed by atoms with van der Waals surface area (Å²) in [4.78, 5) is 10.8. The van der Waals surface area contributed by atoms with Crippen molar-refractivity contribution >= 4 is 17.1 Å². The lowest BCUT2D eigenvalue weighted by atomic mass is 9.93. The van der Waals surface area contributed by atoms with Crippen molar-refractivity contribution in [3.8, 4) is 12.3 Å². The SMILES string of the molecule is C#CC1CSC(=O)OC1(C)C. The molecular weight excluding hydrogens is 160 g/mol. The van der Waals surface area contributed by atoms with E-state index in [1.54, 1.807) is 0 Å². The van der Waals surface area contributed by atoms with Crippen LogP contribution in [0.2, 0.25) is 0 Å². The molecule has 0 aromatic carbocycles. The van der Waals surface area contributed by atoms with Crippen LogP contribution in [0.15, 0.2) is 0 Å². The summed E-state index contributed by atoms with van der Waals surface area (Å²) in [6.45, 7) is 3.68. The van der Waals surface area contributed by atoms with Crippen LogP contribution in [0.1, 0.15) is 13.8 Å². The zero-order chi connectivity index (χ0) is 8.48. The van der Waals surface area contributed by atoms with Crippen LogP contribution in [0.25, 0.3) is 0 Å². The average Bonchev–Trinajstić information content (AvgIpc) is 1.85. The molecule has 0 spiro atoms. The number of terminal acetylenes is 1. The van der Waals surface area contributed by atoms with Crippen molar-refractivity contribution in [1.29, 1.82) is 0 Å². The van der Waals surface area contributed by atoms with Gasteiger partial charge >= 0.3 is 5.30 Å². The minimum Gasteiger partial charge on any atom is -0.450 e. The number of rotatable bonds is 0. The molecule has 1 unspecified atom stereocenters. The Bertz CT molecular complexity index is 215. The fourth-order valence-electron chi connectivity index (χ4n) is 0.916. The van der Waals surface area contributed by atoms with Crippen molar-refractivity contribution in [2.75, 3.05) is 5.75 Å². The number of cyclic esters (lactones) is 1. The molecule has 1 atom stereocenters. The van der Waals surface area contributed by atoms with Gasteiger partial charge in [0.15, 0.2) is 0 Å². The highest BCUT2D eigenvalue weighted by Gasteiger charge is 2.37. The minimum absolute atomic E-state index is 0.0326. The molecule has 60 valence electrons. The molecule has 1 fully saturated rings. The molecule has 0 aliphatic carbocycles. The van der Waals surface area contributed by atoms with E-state index in [0.717, 1.165) is 11.8 Å². The first-order chi connectivity index (χ1) is 5.06. The summed E-state index contributed by atoms with van der Waals surface area (Å²) in [7, 11) is 0. The first-order valence-corrected chi connectivity index (χ1v) is 4.37. The Morgan fingerprint density at radius 3 is 2.91 bits per heavy atom. The summed E-state index contributed by atoms with van der Waals surface area (Å²) in [5.41, 5.74) is -0.489. The number of hydrogen-bond donors (Lipinski definition) is 0. The Morgan fingerprint density at radius 1 is 1.82 bits per heavy atom. The van der Waals surface area contributed by atoms with Gasteiger partial charge in [0.05, 0.1) is 5.92 Å². The average molecular weight is 170 g/mol. The van der Waals surface area contributed by atoms with E-state index in [-0.39, 0.29) is 11.2 Å². The lowest BCUT2D eigenvalue weighted by Gasteiger charge is -2.33. The highest BCUT2D eigenvalue weighted by atomic mass is 32.2. The van der Waals surface area contributed by atoms with Crippen molar-refractivity contribution in [1.82, 2.24) is 0 Å². The van der Waals surface area contributed by atoms with Gasteiger partial charge in [-0.3, -0.25) is 0 Å². The molecule has 1 rings (SSSR count). The van der Waals surface area contributed by atoms with E-state index in [1.807, 2.05) is 13.8 Å². The molecule has 11 heavy (non-hydrogen) atoms. The standard InChI is InChI=1S/C8H10O2S/c1-4-6-5-11-7(9)10-8(6,2)3/h1,6H,5H2,2-3H3. The van der Waals surface area contributed by atoms with Crippen LogP contribution >= 0.6 is 11.8 Å². The second-order valence-corrected chi connectivity index (χ2v) is 3.94. The summed E-state index contributed by atoms with van der Waals surface area (Å²) in [5.74, 6) is 3.32. The highest BCUT2D eigenvalue weighted by molar-refractivity contribution is 8.13. The Hall–Kier alpha value is -0.620. The smallest absolute Gasteiger partial charge is 0.367 e. The zero-order valence-electron chi connectivity index (χ0n) is 6.59. The second kappa shape index (κ2) is 2.78. The summed E-state index contributed by atoms with van der Waals surface area (Å²) < 4.78 is 5.06. The lowest BCUT2D eigenvalue weighted by Crippen LogP contribution is -2.40. The van der Waals surface area contributed by atoms with E-state index < -0.39 is 5.60 Å². The molecule has 1 saturated heterocycles. The molecule has 0 aromatic heterocycles. The Morgan fingerprint density at radius 2 is 2.45 bits per heavy atom. The van der Waals surface area contributed by atoms with Crippen LogP contribution < -0.4 is 0 Å². The van der Waals surface area contributed by atoms with Gasteiger partial charge in [-0.25, -0.2) is 4.79 Å². The van der Waals surface area contributed by atoms with Crippen LogP contribution in [0.5, 0.6) is 0 Å². The fourth-order valence-corrected chi connectivity index (χ4v) is 1.99. The van der Waals surface area contributed by atoms with Gasteiger partial charge in [-0.15, -0.1) is 6.42 Å². The van der Waals surface area contributed by atoms with Crippen molar-refractivity contribution < 1.29 is 9.53 Å². The molecule has 0 bridgehead atoms. The van der Waals surface area contributed by atoms with Gasteiger partial charge in [0, 0.05) is 5.75 Å². The molecule has 0 aromatic rings. The molecule has 1 aliphatic heterocycles. The topological polar surface area (TPSA) is 26.3 Å².